The van der Waals surface area contributed by atoms with E-state index in [2.05, 4.69) is 27.8 Å². The van der Waals surface area contributed by atoms with Crippen LogP contribution in [0.5, 0.6) is 0 Å². The van der Waals surface area contributed by atoms with Gasteiger partial charge in [-0.15, -0.1) is 10.2 Å². The molecule has 2 aromatic heterocycles. The smallest absolute Gasteiger partial charge is 0.253 e. The van der Waals surface area contributed by atoms with Crippen LogP contribution in [0.3, 0.4) is 0 Å². The fourth-order valence-corrected chi connectivity index (χ4v) is 4.39. The number of furan rings is 1. The Bertz CT molecular complexity index is 991. The number of unbranched alkanes of at least 4 members (excludes halogenated alkanes) is 1. The number of amides is 2. The van der Waals surface area contributed by atoms with E-state index in [1.807, 2.05) is 0 Å². The van der Waals surface area contributed by atoms with Crippen LogP contribution in [-0.2, 0) is 11.3 Å². The molecule has 8 nitrogen and oxygen atoms in total. The molecule has 0 spiro atoms. The molecule has 0 radical (unpaired) electrons. The number of hydrogen-bond acceptors (Lipinski definition) is 8. The normalized spacial score (nSPS) is 10.6. The summed E-state index contributed by atoms with van der Waals surface area (Å²) in [4.78, 5) is 26.9. The van der Waals surface area contributed by atoms with Crippen molar-refractivity contribution in [2.45, 2.75) is 30.6 Å². The summed E-state index contributed by atoms with van der Waals surface area (Å²) in [5.74, 6) is 0.452. The van der Waals surface area contributed by atoms with Crippen molar-refractivity contribution in [3.8, 4) is 0 Å². The van der Waals surface area contributed by atoms with Crippen molar-refractivity contribution in [3.63, 3.8) is 0 Å². The van der Waals surface area contributed by atoms with Gasteiger partial charge in [0.15, 0.2) is 4.34 Å². The van der Waals surface area contributed by atoms with Crippen molar-refractivity contribution in [2.75, 3.05) is 29.6 Å². The van der Waals surface area contributed by atoms with Crippen molar-refractivity contribution in [1.82, 2.24) is 15.5 Å². The molecule has 3 rings (SSSR count). The lowest BCUT2D eigenvalue weighted by Crippen LogP contribution is -2.31. The van der Waals surface area contributed by atoms with Crippen molar-refractivity contribution in [2.24, 2.45) is 0 Å². The number of nitrogens with zero attached hydrogens (tertiary/aromatic N) is 3. The summed E-state index contributed by atoms with van der Waals surface area (Å²) in [5, 5.41) is 15.0. The molecule has 0 saturated heterocycles. The molecule has 3 aromatic rings. The topological polar surface area (TPSA) is 100 Å². The predicted molar refractivity (Wildman–Crippen MR) is 124 cm³/mol. The quantitative estimate of drug-likeness (QED) is 0.330. The zero-order chi connectivity index (χ0) is 22.1. The Hall–Kier alpha value is -2.85. The van der Waals surface area contributed by atoms with E-state index in [9.17, 15) is 9.59 Å². The van der Waals surface area contributed by atoms with Crippen LogP contribution in [0, 0.1) is 0 Å². The Kier molecular flexibility index (Phi) is 8.48. The molecule has 2 heterocycles. The Labute approximate surface area is 189 Å². The Morgan fingerprint density at radius 1 is 1.19 bits per heavy atom. The summed E-state index contributed by atoms with van der Waals surface area (Å²) in [6.45, 7) is 3.27. The fourth-order valence-electron chi connectivity index (χ4n) is 2.70. The van der Waals surface area contributed by atoms with E-state index in [4.69, 9.17) is 4.42 Å². The number of nitrogens with one attached hydrogen (secondary N) is 2. The first-order valence-electron chi connectivity index (χ1n) is 9.94. The van der Waals surface area contributed by atoms with E-state index in [-0.39, 0.29) is 24.1 Å². The third-order valence-corrected chi connectivity index (χ3v) is 6.42. The van der Waals surface area contributed by atoms with Crippen LogP contribution < -0.4 is 15.5 Å². The summed E-state index contributed by atoms with van der Waals surface area (Å²) >= 11 is 2.77. The van der Waals surface area contributed by atoms with Crippen LogP contribution in [-0.4, -0.2) is 41.4 Å². The summed E-state index contributed by atoms with van der Waals surface area (Å²) < 4.78 is 5.97. The average molecular weight is 460 g/mol. The van der Waals surface area contributed by atoms with Gasteiger partial charge < -0.3 is 20.0 Å². The van der Waals surface area contributed by atoms with Gasteiger partial charge in [0.1, 0.15) is 5.76 Å². The second kappa shape index (κ2) is 11.5. The maximum atomic E-state index is 12.8. The number of carbonyl (C=O) groups excluding carboxylic acids is 2. The fraction of sp³-hybridized carbons (Fsp3) is 0.333. The Morgan fingerprint density at radius 3 is 2.81 bits per heavy atom. The number of rotatable bonds is 11. The molecule has 0 aliphatic rings. The molecule has 0 aliphatic carbocycles. The lowest BCUT2D eigenvalue weighted by Gasteiger charge is -2.20. The monoisotopic (exact) mass is 459 g/mol. The van der Waals surface area contributed by atoms with Gasteiger partial charge in [-0.2, -0.15) is 0 Å². The van der Waals surface area contributed by atoms with Gasteiger partial charge in [0, 0.05) is 13.6 Å². The van der Waals surface area contributed by atoms with Crippen molar-refractivity contribution in [3.05, 3.63) is 54.0 Å². The van der Waals surface area contributed by atoms with Gasteiger partial charge in [-0.05, 0) is 30.7 Å². The van der Waals surface area contributed by atoms with Crippen LogP contribution in [0.4, 0.5) is 10.8 Å². The zero-order valence-electron chi connectivity index (χ0n) is 17.5. The predicted octanol–water partition coefficient (Wildman–Crippen LogP) is 4.03. The van der Waals surface area contributed by atoms with Crippen molar-refractivity contribution in [1.29, 1.82) is 0 Å². The summed E-state index contributed by atoms with van der Waals surface area (Å²) in [7, 11) is 1.67. The van der Waals surface area contributed by atoms with Gasteiger partial charge in [-0.1, -0.05) is 48.6 Å². The van der Waals surface area contributed by atoms with E-state index in [1.165, 1.54) is 28.0 Å². The molecule has 0 bridgehead atoms. The molecule has 164 valence electrons. The number of carbonyl (C=O) groups is 2. The lowest BCUT2D eigenvalue weighted by molar-refractivity contribution is -0.115. The van der Waals surface area contributed by atoms with Gasteiger partial charge in [-0.25, -0.2) is 0 Å². The number of aromatic nitrogens is 2. The average Bonchev–Trinajstić information content (AvgIpc) is 3.47. The number of thioether (sulfide) groups is 1. The summed E-state index contributed by atoms with van der Waals surface area (Å²) in [5.41, 5.74) is 0.970. The minimum absolute atomic E-state index is 0.132. The molecular weight excluding hydrogens is 434 g/mol. The Morgan fingerprint density at radius 2 is 2.03 bits per heavy atom. The third kappa shape index (κ3) is 6.56. The van der Waals surface area contributed by atoms with Gasteiger partial charge in [-0.3, -0.25) is 9.59 Å². The standard InChI is InChI=1S/C21H25N5O3S2/c1-3-4-11-22-20-24-25-21(31-20)30-14-18(27)26(2)17-10-6-5-9-16(17)19(28)23-13-15-8-7-12-29-15/h5-10,12H,3-4,11,13-14H2,1-2H3,(H,22,24)(H,23,28). The summed E-state index contributed by atoms with van der Waals surface area (Å²) in [6, 6.07) is 10.6. The minimum Gasteiger partial charge on any atom is -0.467 e. The number of anilines is 2. The van der Waals surface area contributed by atoms with Crippen molar-refractivity contribution >= 4 is 45.7 Å². The largest absolute Gasteiger partial charge is 0.467 e. The minimum atomic E-state index is -0.272. The first-order valence-corrected chi connectivity index (χ1v) is 11.7. The van der Waals surface area contributed by atoms with Crippen LogP contribution in [0.15, 0.2) is 51.4 Å². The molecule has 0 aliphatic heterocycles. The van der Waals surface area contributed by atoms with Gasteiger partial charge in [0.05, 0.1) is 29.8 Å². The van der Waals surface area contributed by atoms with Gasteiger partial charge in [0.2, 0.25) is 11.0 Å². The van der Waals surface area contributed by atoms with Crippen LogP contribution in [0.25, 0.3) is 0 Å². The molecule has 2 N–H and O–H groups in total. The molecule has 0 unspecified atom stereocenters. The highest BCUT2D eigenvalue weighted by atomic mass is 32.2. The first kappa shape index (κ1) is 22.8. The van der Waals surface area contributed by atoms with E-state index < -0.39 is 0 Å². The van der Waals surface area contributed by atoms with E-state index in [1.54, 1.807) is 49.7 Å². The maximum Gasteiger partial charge on any atom is 0.253 e. The van der Waals surface area contributed by atoms with E-state index in [0.717, 1.165) is 28.9 Å². The zero-order valence-corrected chi connectivity index (χ0v) is 19.1. The number of hydrogen-bond donors (Lipinski definition) is 2. The molecule has 1 aromatic carbocycles. The summed E-state index contributed by atoms with van der Waals surface area (Å²) in [6.07, 6.45) is 3.73. The molecule has 31 heavy (non-hydrogen) atoms. The van der Waals surface area contributed by atoms with Gasteiger partial charge in [0.25, 0.3) is 5.91 Å². The van der Waals surface area contributed by atoms with Crippen LogP contribution in [0.1, 0.15) is 35.9 Å². The van der Waals surface area contributed by atoms with E-state index in [0.29, 0.717) is 17.0 Å². The lowest BCUT2D eigenvalue weighted by atomic mass is 10.1. The second-order valence-electron chi connectivity index (χ2n) is 6.67. The first-order chi connectivity index (χ1) is 15.1. The molecular formula is C21H25N5O3S2. The van der Waals surface area contributed by atoms with Crippen LogP contribution >= 0.6 is 23.1 Å². The molecule has 0 saturated carbocycles. The number of para-hydroxylation sites is 1. The third-order valence-electron chi connectivity index (χ3n) is 4.42. The molecule has 2 amide bonds. The van der Waals surface area contributed by atoms with Crippen LogP contribution in [0.2, 0.25) is 0 Å². The maximum absolute atomic E-state index is 12.8. The Balaban J connectivity index is 1.57. The number of benzene rings is 1. The van der Waals surface area contributed by atoms with Gasteiger partial charge >= 0.3 is 0 Å². The highest BCUT2D eigenvalue weighted by molar-refractivity contribution is 8.01. The van der Waals surface area contributed by atoms with Crippen molar-refractivity contribution < 1.29 is 14.0 Å². The van der Waals surface area contributed by atoms with E-state index >= 15 is 0 Å². The molecule has 0 fully saturated rings. The molecule has 0 atom stereocenters. The highest BCUT2D eigenvalue weighted by Gasteiger charge is 2.19. The highest BCUT2D eigenvalue weighted by Crippen LogP contribution is 2.27. The second-order valence-corrected chi connectivity index (χ2v) is 8.87. The molecule has 10 heteroatoms. The SMILES string of the molecule is CCCCNc1nnc(SCC(=O)N(C)c2ccccc2C(=O)NCc2ccco2)s1.